The molecule has 0 heterocycles. The second-order valence-corrected chi connectivity index (χ2v) is 3.23. The highest BCUT2D eigenvalue weighted by molar-refractivity contribution is 5.29. The number of halogens is 1. The Morgan fingerprint density at radius 2 is 2.07 bits per heavy atom. The largest absolute Gasteiger partial charge is 0.494 e. The van der Waals surface area contributed by atoms with Gasteiger partial charge in [0.1, 0.15) is 5.75 Å². The molecule has 0 atom stereocenters. The maximum absolute atomic E-state index is 12.3. The van der Waals surface area contributed by atoms with Crippen LogP contribution in [0.25, 0.3) is 0 Å². The van der Waals surface area contributed by atoms with Crippen molar-refractivity contribution in [2.75, 3.05) is 13.2 Å². The summed E-state index contributed by atoms with van der Waals surface area (Å²) in [5.74, 6) is 0.833. The first-order valence-electron chi connectivity index (χ1n) is 5.00. The van der Waals surface area contributed by atoms with E-state index in [0.29, 0.717) is 24.9 Å². The zero-order chi connectivity index (χ0) is 11.1. The smallest absolute Gasteiger partial charge is 0.119 e. The summed E-state index contributed by atoms with van der Waals surface area (Å²) in [6, 6.07) is 7.60. The van der Waals surface area contributed by atoms with Gasteiger partial charge < -0.3 is 10.5 Å². The van der Waals surface area contributed by atoms with Gasteiger partial charge in [-0.25, -0.2) is 4.39 Å². The van der Waals surface area contributed by atoms with Crippen molar-refractivity contribution >= 4 is 0 Å². The summed E-state index contributed by atoms with van der Waals surface area (Å²) in [4.78, 5) is 0. The van der Waals surface area contributed by atoms with Crippen LogP contribution < -0.4 is 10.5 Å². The van der Waals surface area contributed by atoms with Crippen LogP contribution in [0.2, 0.25) is 0 Å². The van der Waals surface area contributed by atoms with E-state index in [1.54, 1.807) is 0 Å². The number of rotatable bonds is 5. The molecule has 0 unspecified atom stereocenters. The molecule has 0 aliphatic carbocycles. The lowest BCUT2D eigenvalue weighted by Crippen LogP contribution is -2.05. The van der Waals surface area contributed by atoms with Gasteiger partial charge in [-0.15, -0.1) is 0 Å². The third-order valence-electron chi connectivity index (χ3n) is 2.08. The van der Waals surface area contributed by atoms with Crippen LogP contribution in [0.1, 0.15) is 12.5 Å². The number of hydrogen-bond donors (Lipinski definition) is 1. The molecular weight excluding hydrogens is 193 g/mol. The minimum absolute atomic E-state index is 0.254. The van der Waals surface area contributed by atoms with Crippen LogP contribution in [0.5, 0.6) is 5.75 Å². The van der Waals surface area contributed by atoms with Gasteiger partial charge in [0.25, 0.3) is 0 Å². The Morgan fingerprint density at radius 1 is 1.40 bits per heavy atom. The predicted octanol–water partition coefficient (Wildman–Crippen LogP) is 2.44. The van der Waals surface area contributed by atoms with Crippen LogP contribution in [0.15, 0.2) is 36.2 Å². The fraction of sp³-hybridized carbons (Fsp3) is 0.333. The third-order valence-corrected chi connectivity index (χ3v) is 2.08. The fourth-order valence-corrected chi connectivity index (χ4v) is 1.29. The van der Waals surface area contributed by atoms with Crippen molar-refractivity contribution in [1.82, 2.24) is 0 Å². The molecule has 0 amide bonds. The minimum Gasteiger partial charge on any atom is -0.494 e. The van der Waals surface area contributed by atoms with E-state index >= 15 is 0 Å². The van der Waals surface area contributed by atoms with Crippen molar-refractivity contribution in [2.24, 2.45) is 5.73 Å². The molecular formula is C12H16FNO. The molecule has 1 aromatic rings. The molecule has 0 bridgehead atoms. The summed E-state index contributed by atoms with van der Waals surface area (Å²) >= 11 is 0. The van der Waals surface area contributed by atoms with Crippen LogP contribution in [0.3, 0.4) is 0 Å². The Kier molecular flexibility index (Phi) is 4.84. The maximum Gasteiger partial charge on any atom is 0.119 e. The molecule has 0 saturated heterocycles. The zero-order valence-corrected chi connectivity index (χ0v) is 8.87. The van der Waals surface area contributed by atoms with E-state index in [1.165, 1.54) is 0 Å². The molecule has 1 aromatic carbocycles. The molecule has 0 saturated carbocycles. The highest BCUT2D eigenvalue weighted by atomic mass is 19.1. The lowest BCUT2D eigenvalue weighted by Gasteiger charge is -2.05. The highest BCUT2D eigenvalue weighted by Crippen LogP contribution is 2.14. The summed E-state index contributed by atoms with van der Waals surface area (Å²) in [6.45, 7) is 2.84. The number of hydrogen-bond acceptors (Lipinski definition) is 2. The van der Waals surface area contributed by atoms with Crippen LogP contribution in [-0.4, -0.2) is 13.2 Å². The van der Waals surface area contributed by atoms with Crippen LogP contribution >= 0.6 is 0 Å². The summed E-state index contributed by atoms with van der Waals surface area (Å²) in [6.07, 6.45) is 1.13. The standard InChI is InChI=1S/C12H16FNO/c1-2-15-12-5-3-10(4-6-12)7-11(8-13)9-14/h3-6,8H,2,7,9,14H2,1H3/b11-8-. The van der Waals surface area contributed by atoms with Gasteiger partial charge in [0, 0.05) is 6.54 Å². The Hall–Kier alpha value is -1.35. The number of benzene rings is 1. The Morgan fingerprint density at radius 3 is 2.53 bits per heavy atom. The quantitative estimate of drug-likeness (QED) is 0.808. The Labute approximate surface area is 89.6 Å². The molecule has 0 fully saturated rings. The van der Waals surface area contributed by atoms with Gasteiger partial charge in [0.05, 0.1) is 12.9 Å². The first-order valence-corrected chi connectivity index (χ1v) is 5.00. The van der Waals surface area contributed by atoms with E-state index in [1.807, 2.05) is 31.2 Å². The second kappa shape index (κ2) is 6.19. The molecule has 0 aliphatic heterocycles. The normalized spacial score (nSPS) is 11.5. The minimum atomic E-state index is 0.254. The molecule has 0 radical (unpaired) electrons. The van der Waals surface area contributed by atoms with Gasteiger partial charge in [-0.05, 0) is 36.6 Å². The molecule has 0 spiro atoms. The molecule has 0 aliphatic rings. The van der Waals surface area contributed by atoms with Gasteiger partial charge in [0.2, 0.25) is 0 Å². The van der Waals surface area contributed by atoms with E-state index in [2.05, 4.69) is 0 Å². The zero-order valence-electron chi connectivity index (χ0n) is 8.87. The monoisotopic (exact) mass is 209 g/mol. The van der Waals surface area contributed by atoms with Crippen LogP contribution in [0.4, 0.5) is 4.39 Å². The van der Waals surface area contributed by atoms with Crippen molar-refractivity contribution in [3.05, 3.63) is 41.7 Å². The summed E-state index contributed by atoms with van der Waals surface area (Å²) in [7, 11) is 0. The van der Waals surface area contributed by atoms with Gasteiger partial charge in [-0.2, -0.15) is 0 Å². The Bertz CT molecular complexity index is 319. The van der Waals surface area contributed by atoms with Gasteiger partial charge in [-0.3, -0.25) is 0 Å². The van der Waals surface area contributed by atoms with Crippen molar-refractivity contribution in [3.8, 4) is 5.75 Å². The number of ether oxygens (including phenoxy) is 1. The topological polar surface area (TPSA) is 35.2 Å². The van der Waals surface area contributed by atoms with Crippen molar-refractivity contribution in [3.63, 3.8) is 0 Å². The van der Waals surface area contributed by atoms with Crippen LogP contribution in [-0.2, 0) is 6.42 Å². The average molecular weight is 209 g/mol. The molecule has 2 N–H and O–H groups in total. The van der Waals surface area contributed by atoms with E-state index in [4.69, 9.17) is 10.5 Å². The second-order valence-electron chi connectivity index (χ2n) is 3.23. The maximum atomic E-state index is 12.3. The van der Waals surface area contributed by atoms with Crippen molar-refractivity contribution in [1.29, 1.82) is 0 Å². The first-order chi connectivity index (χ1) is 7.30. The molecule has 3 heteroatoms. The van der Waals surface area contributed by atoms with E-state index in [-0.39, 0.29) is 6.54 Å². The lowest BCUT2D eigenvalue weighted by atomic mass is 10.1. The Balaban J connectivity index is 2.64. The molecule has 15 heavy (non-hydrogen) atoms. The van der Waals surface area contributed by atoms with Gasteiger partial charge in [0.15, 0.2) is 0 Å². The SMILES string of the molecule is CCOc1ccc(C/C(=C/F)CN)cc1. The fourth-order valence-electron chi connectivity index (χ4n) is 1.29. The molecule has 2 nitrogen and oxygen atoms in total. The third kappa shape index (κ3) is 3.72. The summed E-state index contributed by atoms with van der Waals surface area (Å²) in [5, 5.41) is 0. The summed E-state index contributed by atoms with van der Waals surface area (Å²) in [5.41, 5.74) is 7.01. The van der Waals surface area contributed by atoms with E-state index in [9.17, 15) is 4.39 Å². The molecule has 1 rings (SSSR count). The average Bonchev–Trinajstić information content (AvgIpc) is 2.28. The van der Waals surface area contributed by atoms with Gasteiger partial charge in [-0.1, -0.05) is 12.1 Å². The number of nitrogens with two attached hydrogens (primary N) is 1. The van der Waals surface area contributed by atoms with Crippen molar-refractivity contribution in [2.45, 2.75) is 13.3 Å². The highest BCUT2D eigenvalue weighted by Gasteiger charge is 1.99. The predicted molar refractivity (Wildman–Crippen MR) is 59.6 cm³/mol. The van der Waals surface area contributed by atoms with E-state index < -0.39 is 0 Å². The summed E-state index contributed by atoms with van der Waals surface area (Å²) < 4.78 is 17.6. The molecule has 82 valence electrons. The first kappa shape index (κ1) is 11.7. The van der Waals surface area contributed by atoms with Gasteiger partial charge >= 0.3 is 0 Å². The lowest BCUT2D eigenvalue weighted by molar-refractivity contribution is 0.340. The van der Waals surface area contributed by atoms with Crippen LogP contribution in [0, 0.1) is 0 Å². The molecule has 0 aromatic heterocycles. The van der Waals surface area contributed by atoms with E-state index in [0.717, 1.165) is 11.3 Å². The van der Waals surface area contributed by atoms with Crippen molar-refractivity contribution < 1.29 is 9.13 Å².